The molecule has 1 saturated heterocycles. The van der Waals surface area contributed by atoms with E-state index in [1.165, 1.54) is 0 Å². The van der Waals surface area contributed by atoms with Gasteiger partial charge >= 0.3 is 0 Å². The molecule has 21 heavy (non-hydrogen) atoms. The van der Waals surface area contributed by atoms with Crippen molar-refractivity contribution < 1.29 is 19.2 Å². The summed E-state index contributed by atoms with van der Waals surface area (Å²) in [6.07, 6.45) is 0.0871. The van der Waals surface area contributed by atoms with Crippen LogP contribution in [0.2, 0.25) is 10.3 Å². The minimum absolute atomic E-state index is 0.0339. The second-order valence-corrected chi connectivity index (χ2v) is 5.17. The zero-order valence-electron chi connectivity index (χ0n) is 10.2. The summed E-state index contributed by atoms with van der Waals surface area (Å²) in [5.41, 5.74) is -0.502. The number of hydrogen-bond donors (Lipinski definition) is 1. The summed E-state index contributed by atoms with van der Waals surface area (Å²) < 4.78 is 0. The van der Waals surface area contributed by atoms with Crippen LogP contribution in [-0.2, 0) is 9.59 Å². The van der Waals surface area contributed by atoms with Crippen molar-refractivity contribution >= 4 is 46.8 Å². The predicted octanol–water partition coefficient (Wildman–Crippen LogP) is 0.185. The fraction of sp³-hybridized carbons (Fsp3) is 0.273. The maximum absolute atomic E-state index is 12.2. The lowest BCUT2D eigenvalue weighted by Crippen LogP contribution is -2.54. The first kappa shape index (κ1) is 13.9. The first-order valence-corrected chi connectivity index (χ1v) is 6.60. The molecule has 8 nitrogen and oxygen atoms in total. The van der Waals surface area contributed by atoms with E-state index >= 15 is 0 Å². The zero-order chi connectivity index (χ0) is 15.3. The molecule has 4 amide bonds. The number of amides is 4. The van der Waals surface area contributed by atoms with E-state index < -0.39 is 29.7 Å². The summed E-state index contributed by atoms with van der Waals surface area (Å²) in [5.74, 6) is -2.72. The molecule has 2 aliphatic heterocycles. The fourth-order valence-electron chi connectivity index (χ4n) is 2.22. The number of carbonyl (C=O) groups is 4. The first-order valence-electron chi connectivity index (χ1n) is 5.84. The third-order valence-electron chi connectivity index (χ3n) is 3.18. The molecule has 0 aromatic carbocycles. The molecule has 108 valence electrons. The van der Waals surface area contributed by atoms with E-state index in [1.54, 1.807) is 0 Å². The van der Waals surface area contributed by atoms with Gasteiger partial charge in [0.2, 0.25) is 11.8 Å². The number of rotatable bonds is 1. The summed E-state index contributed by atoms with van der Waals surface area (Å²) in [6.45, 7) is 0. The van der Waals surface area contributed by atoms with Crippen molar-refractivity contribution in [3.05, 3.63) is 21.7 Å². The Morgan fingerprint density at radius 3 is 2.00 bits per heavy atom. The Morgan fingerprint density at radius 1 is 1.00 bits per heavy atom. The molecule has 1 atom stereocenters. The summed E-state index contributed by atoms with van der Waals surface area (Å²) >= 11 is 11.4. The molecule has 0 aliphatic carbocycles. The Kier molecular flexibility index (Phi) is 3.14. The van der Waals surface area contributed by atoms with Gasteiger partial charge in [0, 0.05) is 6.42 Å². The van der Waals surface area contributed by atoms with Crippen molar-refractivity contribution in [1.82, 2.24) is 20.2 Å². The van der Waals surface area contributed by atoms with Crippen LogP contribution in [0, 0.1) is 0 Å². The molecule has 1 aromatic rings. The highest BCUT2D eigenvalue weighted by Gasteiger charge is 2.46. The number of piperidine rings is 1. The molecule has 2 aliphatic rings. The number of fused-ring (bicyclic) bond motifs is 1. The van der Waals surface area contributed by atoms with E-state index in [1.807, 2.05) is 0 Å². The first-order chi connectivity index (χ1) is 9.90. The second-order valence-electron chi connectivity index (χ2n) is 4.45. The smallest absolute Gasteiger partial charge is 0.282 e. The van der Waals surface area contributed by atoms with Gasteiger partial charge in [-0.2, -0.15) is 0 Å². The van der Waals surface area contributed by atoms with Crippen molar-refractivity contribution in [3.8, 4) is 0 Å². The third-order valence-corrected chi connectivity index (χ3v) is 3.80. The number of carbonyl (C=O) groups excluding carboxylic acids is 4. The number of nitrogens with zero attached hydrogens (tertiary/aromatic N) is 3. The van der Waals surface area contributed by atoms with Gasteiger partial charge in [-0.3, -0.25) is 29.4 Å². The van der Waals surface area contributed by atoms with Gasteiger partial charge in [-0.05, 0) is 6.42 Å². The van der Waals surface area contributed by atoms with Crippen LogP contribution in [-0.4, -0.2) is 44.5 Å². The quantitative estimate of drug-likeness (QED) is 0.737. The maximum atomic E-state index is 12.2. The van der Waals surface area contributed by atoms with Crippen LogP contribution in [0.3, 0.4) is 0 Å². The Labute approximate surface area is 127 Å². The van der Waals surface area contributed by atoms with Crippen molar-refractivity contribution in [2.24, 2.45) is 0 Å². The number of imide groups is 2. The standard InChI is InChI=1S/C11H6Cl2N4O4/c12-7-8(13)16-6-5(15-7)10(20)17(11(6)21)3-1-2-4(18)14-9(3)19/h3H,1-2H2,(H,14,18,19). The Bertz CT molecular complexity index is 679. The SMILES string of the molecule is O=C1CCC(N2C(=O)c3nc(Cl)c(Cl)nc3C2=O)C(=O)N1. The Morgan fingerprint density at radius 2 is 1.52 bits per heavy atom. The van der Waals surface area contributed by atoms with E-state index in [-0.39, 0.29) is 34.5 Å². The van der Waals surface area contributed by atoms with Crippen molar-refractivity contribution in [2.45, 2.75) is 18.9 Å². The Balaban J connectivity index is 2.00. The Hall–Kier alpha value is -2.06. The molecule has 0 saturated carbocycles. The molecule has 3 rings (SSSR count). The summed E-state index contributed by atoms with van der Waals surface area (Å²) in [4.78, 5) is 55.6. The van der Waals surface area contributed by atoms with Crippen LogP contribution in [0.25, 0.3) is 0 Å². The number of nitrogens with one attached hydrogen (secondary N) is 1. The van der Waals surface area contributed by atoms with Gasteiger partial charge in [0.25, 0.3) is 11.8 Å². The molecule has 0 bridgehead atoms. The van der Waals surface area contributed by atoms with Gasteiger partial charge in [-0.1, -0.05) is 23.2 Å². The molecular weight excluding hydrogens is 323 g/mol. The topological polar surface area (TPSA) is 109 Å². The average molecular weight is 329 g/mol. The van der Waals surface area contributed by atoms with E-state index in [0.29, 0.717) is 0 Å². The maximum Gasteiger partial charge on any atom is 0.282 e. The number of hydrogen-bond acceptors (Lipinski definition) is 6. The minimum atomic E-state index is -1.07. The van der Waals surface area contributed by atoms with E-state index in [9.17, 15) is 19.2 Å². The molecule has 1 aromatic heterocycles. The van der Waals surface area contributed by atoms with Gasteiger partial charge in [-0.25, -0.2) is 9.97 Å². The average Bonchev–Trinajstić information content (AvgIpc) is 2.64. The van der Waals surface area contributed by atoms with Crippen molar-refractivity contribution in [1.29, 1.82) is 0 Å². The second kappa shape index (κ2) is 4.74. The molecule has 0 spiro atoms. The highest BCUT2D eigenvalue weighted by Crippen LogP contribution is 2.28. The summed E-state index contributed by atoms with van der Waals surface area (Å²) in [6, 6.07) is -1.07. The lowest BCUT2D eigenvalue weighted by Gasteiger charge is -2.27. The molecule has 3 heterocycles. The highest BCUT2D eigenvalue weighted by atomic mass is 35.5. The largest absolute Gasteiger partial charge is 0.295 e. The van der Waals surface area contributed by atoms with Gasteiger partial charge < -0.3 is 0 Å². The van der Waals surface area contributed by atoms with Gasteiger partial charge in [0.15, 0.2) is 21.7 Å². The monoisotopic (exact) mass is 328 g/mol. The number of aromatic nitrogens is 2. The summed E-state index contributed by atoms with van der Waals surface area (Å²) in [5, 5.41) is 1.67. The van der Waals surface area contributed by atoms with Crippen LogP contribution in [0.15, 0.2) is 0 Å². The lowest BCUT2D eigenvalue weighted by molar-refractivity contribution is -0.136. The number of halogens is 2. The minimum Gasteiger partial charge on any atom is -0.295 e. The van der Waals surface area contributed by atoms with Gasteiger partial charge in [0.1, 0.15) is 6.04 Å². The molecule has 10 heteroatoms. The van der Waals surface area contributed by atoms with Gasteiger partial charge in [0.05, 0.1) is 0 Å². The van der Waals surface area contributed by atoms with E-state index in [2.05, 4.69) is 15.3 Å². The van der Waals surface area contributed by atoms with Crippen LogP contribution >= 0.6 is 23.2 Å². The fourth-order valence-corrected chi connectivity index (χ4v) is 2.48. The molecular formula is C11H6Cl2N4O4. The molecule has 0 radical (unpaired) electrons. The van der Waals surface area contributed by atoms with Crippen molar-refractivity contribution in [2.75, 3.05) is 0 Å². The van der Waals surface area contributed by atoms with Crippen molar-refractivity contribution in [3.63, 3.8) is 0 Å². The molecule has 1 fully saturated rings. The predicted molar refractivity (Wildman–Crippen MR) is 68.7 cm³/mol. The normalized spacial score (nSPS) is 21.6. The molecule has 1 unspecified atom stereocenters. The third kappa shape index (κ3) is 2.07. The highest BCUT2D eigenvalue weighted by molar-refractivity contribution is 6.40. The van der Waals surface area contributed by atoms with Crippen LogP contribution in [0.5, 0.6) is 0 Å². The van der Waals surface area contributed by atoms with Crippen LogP contribution in [0.1, 0.15) is 33.8 Å². The zero-order valence-corrected chi connectivity index (χ0v) is 11.7. The molecule has 1 N–H and O–H groups in total. The van der Waals surface area contributed by atoms with Crippen LogP contribution in [0.4, 0.5) is 0 Å². The van der Waals surface area contributed by atoms with Crippen LogP contribution < -0.4 is 5.32 Å². The van der Waals surface area contributed by atoms with E-state index in [4.69, 9.17) is 23.2 Å². The lowest BCUT2D eigenvalue weighted by atomic mass is 10.0. The van der Waals surface area contributed by atoms with Gasteiger partial charge in [-0.15, -0.1) is 0 Å². The summed E-state index contributed by atoms with van der Waals surface area (Å²) in [7, 11) is 0. The van der Waals surface area contributed by atoms with E-state index in [0.717, 1.165) is 4.90 Å².